The van der Waals surface area contributed by atoms with Crippen molar-refractivity contribution in [3.63, 3.8) is 0 Å². The minimum absolute atomic E-state index is 0.148. The number of hydrogen-bond donors (Lipinski definition) is 0. The Hall–Kier alpha value is -1.99. The molecule has 1 fully saturated rings. The molecule has 7 nitrogen and oxygen atoms in total. The number of ether oxygens (including phenoxy) is 3. The number of aromatic nitrogens is 1. The van der Waals surface area contributed by atoms with Crippen LogP contribution in [0.3, 0.4) is 0 Å². The minimum Gasteiger partial charge on any atom is -0.446 e. The summed E-state index contributed by atoms with van der Waals surface area (Å²) in [7, 11) is 0. The van der Waals surface area contributed by atoms with Crippen molar-refractivity contribution in [1.82, 2.24) is 4.90 Å². The number of nitrogens with zero attached hydrogens (tertiary/aromatic N) is 2. The lowest BCUT2D eigenvalue weighted by molar-refractivity contribution is -0.701. The van der Waals surface area contributed by atoms with Gasteiger partial charge in [0.15, 0.2) is 6.20 Å². The van der Waals surface area contributed by atoms with Crippen LogP contribution >= 0.6 is 0 Å². The largest absolute Gasteiger partial charge is 0.446 e. The Labute approximate surface area is 243 Å². The van der Waals surface area contributed by atoms with Gasteiger partial charge in [0, 0.05) is 31.6 Å². The number of unbranched alkanes of at least 4 members (excludes halogenated alkanes) is 13. The second kappa shape index (κ2) is 21.7. The van der Waals surface area contributed by atoms with Crippen LogP contribution in [0.25, 0.3) is 0 Å². The van der Waals surface area contributed by atoms with Crippen molar-refractivity contribution >= 4 is 12.0 Å². The van der Waals surface area contributed by atoms with Crippen molar-refractivity contribution in [3.8, 4) is 0 Å². The molecular formula is C33H57N2O5+. The molecule has 40 heavy (non-hydrogen) atoms. The van der Waals surface area contributed by atoms with Gasteiger partial charge in [0.1, 0.15) is 19.7 Å². The first-order valence-electron chi connectivity index (χ1n) is 16.2. The van der Waals surface area contributed by atoms with Crippen molar-refractivity contribution < 1.29 is 28.4 Å². The molecule has 0 aromatic carbocycles. The van der Waals surface area contributed by atoms with E-state index in [1.807, 2.05) is 35.9 Å². The fourth-order valence-electron chi connectivity index (χ4n) is 5.33. The van der Waals surface area contributed by atoms with Crippen molar-refractivity contribution in [1.29, 1.82) is 0 Å². The van der Waals surface area contributed by atoms with Gasteiger partial charge in [-0.1, -0.05) is 96.5 Å². The minimum atomic E-state index is -0.625. The zero-order valence-electron chi connectivity index (χ0n) is 25.7. The van der Waals surface area contributed by atoms with E-state index >= 15 is 0 Å². The highest BCUT2D eigenvalue weighted by Gasteiger charge is 2.29. The topological polar surface area (TPSA) is 69.0 Å². The number of carbonyl (C=O) groups is 2. The molecule has 0 aliphatic carbocycles. The lowest BCUT2D eigenvalue weighted by atomic mass is 10.0. The maximum absolute atomic E-state index is 12.7. The van der Waals surface area contributed by atoms with Gasteiger partial charge in [0.05, 0.1) is 19.3 Å². The van der Waals surface area contributed by atoms with Crippen LogP contribution in [0.15, 0.2) is 24.4 Å². The molecule has 2 heterocycles. The quantitative estimate of drug-likeness (QED) is 0.109. The average Bonchev–Trinajstić information content (AvgIpc) is 3.42. The maximum Gasteiger partial charge on any atom is 0.417 e. The molecule has 1 aliphatic rings. The molecule has 0 unspecified atom stereocenters. The first-order chi connectivity index (χ1) is 19.5. The standard InChI is InChI=1S/C33H57N2O5/c1-4-6-7-8-9-10-11-12-13-14-15-16-17-20-23-38-26-30-24-32(39-27-30)28-40-33(37)35(29(3)36)25-31-21-18-19-22-34(31)5-2/h18-19,21-22,30,32H,4-17,20,23-28H2,1-3H3/q+1/t30-,32-/m0/s1. The predicted octanol–water partition coefficient (Wildman–Crippen LogP) is 7.38. The molecule has 1 saturated heterocycles. The van der Waals surface area contributed by atoms with Crippen LogP contribution in [0.4, 0.5) is 4.79 Å². The Morgan fingerprint density at radius 1 is 0.900 bits per heavy atom. The highest BCUT2D eigenvalue weighted by atomic mass is 16.6. The third-order valence-corrected chi connectivity index (χ3v) is 7.85. The summed E-state index contributed by atoms with van der Waals surface area (Å²) in [6.07, 6.45) is 21.0. The number of rotatable bonds is 22. The molecule has 0 spiro atoms. The third-order valence-electron chi connectivity index (χ3n) is 7.85. The summed E-state index contributed by atoms with van der Waals surface area (Å²) in [5.41, 5.74) is 0.880. The first kappa shape index (κ1) is 34.2. The summed E-state index contributed by atoms with van der Waals surface area (Å²) in [4.78, 5) is 25.9. The van der Waals surface area contributed by atoms with Crippen LogP contribution in [0, 0.1) is 5.92 Å². The van der Waals surface area contributed by atoms with Crippen LogP contribution in [0.5, 0.6) is 0 Å². The zero-order valence-corrected chi connectivity index (χ0v) is 25.7. The number of imide groups is 1. The summed E-state index contributed by atoms with van der Waals surface area (Å²) < 4.78 is 19.2. The Morgan fingerprint density at radius 2 is 1.52 bits per heavy atom. The molecule has 1 aliphatic heterocycles. The molecule has 228 valence electrons. The number of hydrogen-bond acceptors (Lipinski definition) is 5. The summed E-state index contributed by atoms with van der Waals surface area (Å²) in [5, 5.41) is 0. The lowest BCUT2D eigenvalue weighted by Gasteiger charge is -2.19. The smallest absolute Gasteiger partial charge is 0.417 e. The average molecular weight is 562 g/mol. The van der Waals surface area contributed by atoms with Gasteiger partial charge in [-0.3, -0.25) is 4.79 Å². The van der Waals surface area contributed by atoms with E-state index in [-0.39, 0.29) is 25.2 Å². The van der Waals surface area contributed by atoms with E-state index in [2.05, 4.69) is 6.92 Å². The third kappa shape index (κ3) is 14.6. The molecule has 0 N–H and O–H groups in total. The highest BCUT2D eigenvalue weighted by Crippen LogP contribution is 2.21. The van der Waals surface area contributed by atoms with E-state index in [4.69, 9.17) is 14.2 Å². The molecule has 1 aromatic heterocycles. The normalized spacial score (nSPS) is 16.8. The Balaban J connectivity index is 1.46. The van der Waals surface area contributed by atoms with E-state index in [1.165, 1.54) is 90.4 Å². The Morgan fingerprint density at radius 3 is 2.12 bits per heavy atom. The summed E-state index contributed by atoms with van der Waals surface area (Å²) in [6.45, 7) is 8.90. The van der Waals surface area contributed by atoms with Crippen molar-refractivity contribution in [2.24, 2.45) is 5.92 Å². The molecule has 2 rings (SSSR count). The molecule has 2 atom stereocenters. The molecule has 2 amide bonds. The zero-order chi connectivity index (χ0) is 28.8. The van der Waals surface area contributed by atoms with Gasteiger partial charge in [-0.2, -0.15) is 0 Å². The summed E-state index contributed by atoms with van der Waals surface area (Å²) >= 11 is 0. The van der Waals surface area contributed by atoms with Gasteiger partial charge in [-0.05, 0) is 19.8 Å². The van der Waals surface area contributed by atoms with Gasteiger partial charge in [-0.15, -0.1) is 0 Å². The molecule has 7 heteroatoms. The second-order valence-electron chi connectivity index (χ2n) is 11.4. The van der Waals surface area contributed by atoms with Crippen LogP contribution < -0.4 is 4.57 Å². The monoisotopic (exact) mass is 561 g/mol. The van der Waals surface area contributed by atoms with E-state index in [9.17, 15) is 9.59 Å². The molecule has 1 aromatic rings. The fourth-order valence-corrected chi connectivity index (χ4v) is 5.33. The number of carbonyl (C=O) groups excluding carboxylic acids is 2. The van der Waals surface area contributed by atoms with E-state index in [0.29, 0.717) is 19.1 Å². The highest BCUT2D eigenvalue weighted by molar-refractivity contribution is 5.90. The molecule has 0 saturated carbocycles. The van der Waals surface area contributed by atoms with Crippen molar-refractivity contribution in [2.45, 2.75) is 136 Å². The van der Waals surface area contributed by atoms with Crippen molar-refractivity contribution in [2.75, 3.05) is 26.4 Å². The van der Waals surface area contributed by atoms with E-state index in [1.54, 1.807) is 0 Å². The van der Waals surface area contributed by atoms with E-state index in [0.717, 1.165) is 36.6 Å². The maximum atomic E-state index is 12.7. The SMILES string of the molecule is CCCCCCCCCCCCCCCCOC[C@H]1CO[C@H](COC(=O)N(Cc2cccc[n+]2CC)C(C)=O)C1. The lowest BCUT2D eigenvalue weighted by Crippen LogP contribution is -2.43. The number of amides is 2. The van der Waals surface area contributed by atoms with Crippen LogP contribution in [-0.4, -0.2) is 49.4 Å². The molecule has 0 radical (unpaired) electrons. The predicted molar refractivity (Wildman–Crippen MR) is 159 cm³/mol. The van der Waals surface area contributed by atoms with Gasteiger partial charge in [0.25, 0.3) is 0 Å². The van der Waals surface area contributed by atoms with Gasteiger partial charge in [-0.25, -0.2) is 14.3 Å². The Kier molecular flexibility index (Phi) is 18.6. The summed E-state index contributed by atoms with van der Waals surface area (Å²) in [6, 6.07) is 5.75. The first-order valence-corrected chi connectivity index (χ1v) is 16.2. The van der Waals surface area contributed by atoms with Gasteiger partial charge >= 0.3 is 6.09 Å². The second-order valence-corrected chi connectivity index (χ2v) is 11.4. The number of aryl methyl sites for hydroxylation is 1. The molecule has 0 bridgehead atoms. The van der Waals surface area contributed by atoms with E-state index < -0.39 is 6.09 Å². The van der Waals surface area contributed by atoms with Crippen molar-refractivity contribution in [3.05, 3.63) is 30.1 Å². The van der Waals surface area contributed by atoms with Crippen LogP contribution in [0.2, 0.25) is 0 Å². The summed E-state index contributed by atoms with van der Waals surface area (Å²) in [5.74, 6) is -0.00860. The number of pyridine rings is 1. The Bertz CT molecular complexity index is 818. The van der Waals surface area contributed by atoms with Crippen LogP contribution in [-0.2, 0) is 32.1 Å². The fraction of sp³-hybridized carbons (Fsp3) is 0.788. The molecular weight excluding hydrogens is 504 g/mol. The van der Waals surface area contributed by atoms with Gasteiger partial charge in [0.2, 0.25) is 11.6 Å². The van der Waals surface area contributed by atoms with Crippen LogP contribution in [0.1, 0.15) is 123 Å². The van der Waals surface area contributed by atoms with Gasteiger partial charge < -0.3 is 14.2 Å².